The zero-order valence-electron chi connectivity index (χ0n) is 15.4. The van der Waals surface area contributed by atoms with Crippen LogP contribution in [-0.4, -0.2) is 48.2 Å². The average Bonchev–Trinajstić information content (AvgIpc) is 2.64. The van der Waals surface area contributed by atoms with Gasteiger partial charge in [-0.1, -0.05) is 0 Å². The van der Waals surface area contributed by atoms with Gasteiger partial charge in [0.1, 0.15) is 5.69 Å². The molecule has 146 valence electrons. The Kier molecular flexibility index (Phi) is 6.04. The summed E-state index contributed by atoms with van der Waals surface area (Å²) in [6, 6.07) is 4.45. The van der Waals surface area contributed by atoms with Gasteiger partial charge in [0.2, 0.25) is 6.29 Å². The van der Waals surface area contributed by atoms with Gasteiger partial charge in [0.15, 0.2) is 35.2 Å². The standard InChI is InChI=1S/C18H22FN3O5/c1-4-25-15-14(18-26-10(2)27-18)21-16(22-17(15)20-7-8-23)11-5-6-13(24-3)12(19)9-11/h5-6,9-10,18,23H,4,7-8H2,1-3H3,(H,20,21,22). The molecule has 27 heavy (non-hydrogen) atoms. The Labute approximate surface area is 156 Å². The van der Waals surface area contributed by atoms with Crippen LogP contribution in [-0.2, 0) is 9.47 Å². The van der Waals surface area contributed by atoms with Crippen LogP contribution in [0.5, 0.6) is 11.5 Å². The Morgan fingerprint density at radius 1 is 1.30 bits per heavy atom. The predicted molar refractivity (Wildman–Crippen MR) is 95.1 cm³/mol. The Bertz CT molecular complexity index is 799. The van der Waals surface area contributed by atoms with Gasteiger partial charge in [-0.3, -0.25) is 0 Å². The summed E-state index contributed by atoms with van der Waals surface area (Å²) in [6.07, 6.45) is -1.06. The minimum absolute atomic E-state index is 0.0924. The first-order valence-corrected chi connectivity index (χ1v) is 8.61. The van der Waals surface area contributed by atoms with Gasteiger partial charge < -0.3 is 29.4 Å². The summed E-state index contributed by atoms with van der Waals surface area (Å²) in [5.74, 6) is 0.614. The molecule has 1 aromatic carbocycles. The number of benzene rings is 1. The summed E-state index contributed by atoms with van der Waals surface area (Å²) in [7, 11) is 1.40. The quantitative estimate of drug-likeness (QED) is 0.722. The van der Waals surface area contributed by atoms with Gasteiger partial charge >= 0.3 is 0 Å². The number of hydrogen-bond donors (Lipinski definition) is 2. The molecule has 0 atom stereocenters. The second-order valence-electron chi connectivity index (χ2n) is 5.71. The SMILES string of the molecule is CCOc1c(NCCO)nc(-c2ccc(OC)c(F)c2)nc1C1OC(C)O1. The van der Waals surface area contributed by atoms with Crippen molar-refractivity contribution in [1.82, 2.24) is 9.97 Å². The molecule has 1 aromatic heterocycles. The van der Waals surface area contributed by atoms with E-state index in [-0.39, 0.29) is 31.0 Å². The average molecular weight is 379 g/mol. The van der Waals surface area contributed by atoms with E-state index in [1.165, 1.54) is 19.2 Å². The molecule has 1 fully saturated rings. The largest absolute Gasteiger partial charge is 0.494 e. The minimum atomic E-state index is -0.707. The van der Waals surface area contributed by atoms with Gasteiger partial charge in [-0.2, -0.15) is 0 Å². The van der Waals surface area contributed by atoms with Crippen molar-refractivity contribution >= 4 is 5.82 Å². The summed E-state index contributed by atoms with van der Waals surface area (Å²) in [5.41, 5.74) is 0.855. The number of ether oxygens (including phenoxy) is 4. The fourth-order valence-corrected chi connectivity index (χ4v) is 2.63. The van der Waals surface area contributed by atoms with E-state index in [1.807, 2.05) is 6.92 Å². The van der Waals surface area contributed by atoms with Gasteiger partial charge in [-0.15, -0.1) is 0 Å². The molecule has 0 saturated carbocycles. The van der Waals surface area contributed by atoms with Gasteiger partial charge in [0.05, 0.1) is 20.3 Å². The van der Waals surface area contributed by atoms with Crippen LogP contribution in [0.25, 0.3) is 11.4 Å². The monoisotopic (exact) mass is 379 g/mol. The lowest BCUT2D eigenvalue weighted by atomic mass is 10.2. The molecule has 2 aromatic rings. The molecule has 0 radical (unpaired) electrons. The molecule has 1 aliphatic heterocycles. The molecule has 0 spiro atoms. The molecule has 0 unspecified atom stereocenters. The van der Waals surface area contributed by atoms with Crippen LogP contribution in [0.4, 0.5) is 10.2 Å². The molecular formula is C18H22FN3O5. The third-order valence-electron chi connectivity index (χ3n) is 3.85. The maximum Gasteiger partial charge on any atom is 0.210 e. The Morgan fingerprint density at radius 3 is 2.67 bits per heavy atom. The van der Waals surface area contributed by atoms with Crippen molar-refractivity contribution in [2.45, 2.75) is 26.4 Å². The number of methoxy groups -OCH3 is 1. The van der Waals surface area contributed by atoms with E-state index >= 15 is 0 Å². The van der Waals surface area contributed by atoms with Gasteiger partial charge in [0.25, 0.3) is 0 Å². The van der Waals surface area contributed by atoms with Crippen molar-refractivity contribution in [2.24, 2.45) is 0 Å². The second-order valence-corrected chi connectivity index (χ2v) is 5.71. The van der Waals surface area contributed by atoms with Crippen LogP contribution in [0, 0.1) is 5.82 Å². The Morgan fingerprint density at radius 2 is 2.07 bits per heavy atom. The molecule has 2 heterocycles. The van der Waals surface area contributed by atoms with Crippen molar-refractivity contribution in [3.8, 4) is 22.9 Å². The normalized spacial score (nSPS) is 18.7. The molecule has 0 aliphatic carbocycles. The maximum atomic E-state index is 14.1. The van der Waals surface area contributed by atoms with Gasteiger partial charge in [0, 0.05) is 12.1 Å². The van der Waals surface area contributed by atoms with Crippen LogP contribution in [0.3, 0.4) is 0 Å². The van der Waals surface area contributed by atoms with E-state index in [0.29, 0.717) is 29.4 Å². The summed E-state index contributed by atoms with van der Waals surface area (Å²) in [4.78, 5) is 8.93. The van der Waals surface area contributed by atoms with Crippen molar-refractivity contribution in [2.75, 3.05) is 32.2 Å². The fraction of sp³-hybridized carbons (Fsp3) is 0.444. The first kappa shape index (κ1) is 19.3. The fourth-order valence-electron chi connectivity index (χ4n) is 2.63. The number of hydrogen-bond acceptors (Lipinski definition) is 8. The number of aromatic nitrogens is 2. The molecule has 1 saturated heterocycles. The van der Waals surface area contributed by atoms with E-state index in [2.05, 4.69) is 15.3 Å². The van der Waals surface area contributed by atoms with E-state index in [0.717, 1.165) is 0 Å². The lowest BCUT2D eigenvalue weighted by Crippen LogP contribution is -2.33. The number of anilines is 1. The number of rotatable bonds is 8. The van der Waals surface area contributed by atoms with Crippen molar-refractivity contribution in [3.63, 3.8) is 0 Å². The number of nitrogens with zero attached hydrogens (tertiary/aromatic N) is 2. The smallest absolute Gasteiger partial charge is 0.210 e. The van der Waals surface area contributed by atoms with Crippen molar-refractivity contribution in [3.05, 3.63) is 29.7 Å². The number of aliphatic hydroxyl groups excluding tert-OH is 1. The summed E-state index contributed by atoms with van der Waals surface area (Å²) in [5, 5.41) is 12.1. The van der Waals surface area contributed by atoms with Crippen LogP contribution in [0.15, 0.2) is 18.2 Å². The third-order valence-corrected chi connectivity index (χ3v) is 3.85. The third kappa shape index (κ3) is 4.10. The molecule has 0 amide bonds. The molecule has 9 heteroatoms. The van der Waals surface area contributed by atoms with Gasteiger partial charge in [-0.05, 0) is 32.0 Å². The molecular weight excluding hydrogens is 357 g/mol. The minimum Gasteiger partial charge on any atom is -0.494 e. The highest BCUT2D eigenvalue weighted by Crippen LogP contribution is 2.40. The second kappa shape index (κ2) is 8.47. The van der Waals surface area contributed by atoms with Crippen molar-refractivity contribution < 1.29 is 28.4 Å². The Hall–Kier alpha value is -2.49. The predicted octanol–water partition coefficient (Wildman–Crippen LogP) is 2.49. The number of nitrogens with one attached hydrogen (secondary N) is 1. The first-order chi connectivity index (χ1) is 13.1. The molecule has 2 N–H and O–H groups in total. The molecule has 3 rings (SSSR count). The van der Waals surface area contributed by atoms with E-state index in [4.69, 9.17) is 24.1 Å². The van der Waals surface area contributed by atoms with Crippen LogP contribution >= 0.6 is 0 Å². The van der Waals surface area contributed by atoms with Crippen LogP contribution in [0.1, 0.15) is 25.8 Å². The number of aliphatic hydroxyl groups is 1. The molecule has 1 aliphatic rings. The zero-order chi connectivity index (χ0) is 19.4. The molecule has 0 bridgehead atoms. The van der Waals surface area contributed by atoms with E-state index in [1.54, 1.807) is 13.0 Å². The lowest BCUT2D eigenvalue weighted by molar-refractivity contribution is -0.384. The topological polar surface area (TPSA) is 95.0 Å². The summed E-state index contributed by atoms with van der Waals surface area (Å²) < 4.78 is 35.9. The Balaban J connectivity index is 2.07. The maximum absolute atomic E-state index is 14.1. The number of halogens is 1. The first-order valence-electron chi connectivity index (χ1n) is 8.61. The van der Waals surface area contributed by atoms with E-state index < -0.39 is 12.1 Å². The highest BCUT2D eigenvalue weighted by molar-refractivity contribution is 5.63. The summed E-state index contributed by atoms with van der Waals surface area (Å²) >= 11 is 0. The van der Waals surface area contributed by atoms with E-state index in [9.17, 15) is 4.39 Å². The zero-order valence-corrected chi connectivity index (χ0v) is 15.4. The van der Waals surface area contributed by atoms with Crippen LogP contribution < -0.4 is 14.8 Å². The lowest BCUT2D eigenvalue weighted by Gasteiger charge is -2.34. The van der Waals surface area contributed by atoms with Crippen molar-refractivity contribution in [1.29, 1.82) is 0 Å². The van der Waals surface area contributed by atoms with Gasteiger partial charge in [-0.25, -0.2) is 14.4 Å². The van der Waals surface area contributed by atoms with Crippen LogP contribution in [0.2, 0.25) is 0 Å². The highest BCUT2D eigenvalue weighted by atomic mass is 19.1. The highest BCUT2D eigenvalue weighted by Gasteiger charge is 2.34. The molecule has 8 nitrogen and oxygen atoms in total. The summed E-state index contributed by atoms with van der Waals surface area (Å²) in [6.45, 7) is 4.14.